The van der Waals surface area contributed by atoms with Gasteiger partial charge < -0.3 is 19.1 Å². The zero-order valence-corrected chi connectivity index (χ0v) is 30.8. The van der Waals surface area contributed by atoms with E-state index in [1.54, 1.807) is 13.2 Å². The van der Waals surface area contributed by atoms with Crippen LogP contribution in [0.3, 0.4) is 0 Å². The molecule has 4 unspecified atom stereocenters. The Balaban J connectivity index is 1.17. The predicted octanol–water partition coefficient (Wildman–Crippen LogP) is 6.16. The minimum absolute atomic E-state index is 0.0745. The van der Waals surface area contributed by atoms with Crippen LogP contribution in [0.25, 0.3) is 22.2 Å². The number of hydrogen-bond donors (Lipinski definition) is 1. The number of aromatic nitrogens is 1. The number of sulfonamides is 1. The Morgan fingerprint density at radius 2 is 1.78 bits per heavy atom. The molecule has 0 radical (unpaired) electrons. The highest BCUT2D eigenvalue weighted by atomic mass is 32.2. The molecule has 4 heterocycles. The summed E-state index contributed by atoms with van der Waals surface area (Å²) in [4.78, 5) is 33.2. The average molecular weight is 709 g/mol. The van der Waals surface area contributed by atoms with Crippen molar-refractivity contribution in [3.63, 3.8) is 0 Å². The largest absolute Gasteiger partial charge is 0.497 e. The number of ether oxygens (including phenoxy) is 1. The minimum Gasteiger partial charge on any atom is -0.497 e. The SMILES string of the molecule is CCC#CCC1(S(=O)(=O)NC(=O)c2ccc3c(C4CCCCC4)c4n(c3c2)CC2(C(=O)N3C5CC3CN(C)C5)CC2c2cc(OC)ccc2-4)CC1. The molecular weight excluding hydrogens is 661 g/mol. The second-order valence-electron chi connectivity index (χ2n) is 16.3. The Kier molecular flexibility index (Phi) is 7.69. The molecule has 9 nitrogen and oxygen atoms in total. The molecule has 2 saturated heterocycles. The number of carbonyl (C=O) groups excluding carboxylic acids is 2. The molecule has 6 aliphatic rings. The number of rotatable bonds is 7. The van der Waals surface area contributed by atoms with E-state index in [0.29, 0.717) is 37.3 Å². The van der Waals surface area contributed by atoms with Gasteiger partial charge in [-0.3, -0.25) is 9.59 Å². The number of nitrogens with zero attached hydrogens (tertiary/aromatic N) is 3. The zero-order valence-electron chi connectivity index (χ0n) is 30.0. The predicted molar refractivity (Wildman–Crippen MR) is 197 cm³/mol. The average Bonchev–Trinajstić information content (AvgIpc) is 4.04. The molecule has 51 heavy (non-hydrogen) atoms. The molecule has 1 N–H and O–H groups in total. The van der Waals surface area contributed by atoms with Crippen LogP contribution < -0.4 is 9.46 Å². The van der Waals surface area contributed by atoms with Crippen LogP contribution in [0.15, 0.2) is 36.4 Å². The van der Waals surface area contributed by atoms with Gasteiger partial charge in [-0.2, -0.15) is 0 Å². The molecule has 1 aromatic heterocycles. The van der Waals surface area contributed by atoms with E-state index in [4.69, 9.17) is 4.74 Å². The van der Waals surface area contributed by atoms with E-state index < -0.39 is 26.1 Å². The fourth-order valence-corrected chi connectivity index (χ4v) is 11.6. The second kappa shape index (κ2) is 11.9. The number of benzene rings is 2. The number of methoxy groups -OCH3 is 1. The molecule has 2 aromatic carbocycles. The van der Waals surface area contributed by atoms with Crippen molar-refractivity contribution in [1.29, 1.82) is 0 Å². The van der Waals surface area contributed by atoms with Crippen molar-refractivity contribution in [2.45, 2.75) is 113 Å². The van der Waals surface area contributed by atoms with E-state index in [1.165, 1.54) is 30.4 Å². The van der Waals surface area contributed by atoms with Crippen molar-refractivity contribution in [1.82, 2.24) is 19.1 Å². The summed E-state index contributed by atoms with van der Waals surface area (Å²) in [5, 5.41) is 1.09. The van der Waals surface area contributed by atoms with E-state index >= 15 is 0 Å². The molecule has 268 valence electrons. The summed E-state index contributed by atoms with van der Waals surface area (Å²) in [5.41, 5.74) is 5.39. The van der Waals surface area contributed by atoms with Gasteiger partial charge in [-0.15, -0.1) is 11.8 Å². The molecule has 2 amide bonds. The molecule has 5 fully saturated rings. The number of amides is 2. The molecule has 10 heteroatoms. The first-order valence-corrected chi connectivity index (χ1v) is 20.5. The van der Waals surface area contributed by atoms with Gasteiger partial charge in [-0.1, -0.05) is 32.3 Å². The molecular formula is C41H48N4O5S. The Hall–Kier alpha value is -3.81. The fourth-order valence-electron chi connectivity index (χ4n) is 10.1. The molecule has 3 aromatic rings. The standard InChI is InChI=1S/C41H48N4O5S/c1-4-5-9-16-40(17-18-40)51(48,49)42-38(46)27-12-14-32-35(19-27)44-25-41(39(47)45-28-20-29(45)24-43(2)23-28)22-34(41)33-21-30(50-3)13-15-31(33)37(44)36(32)26-10-7-6-8-11-26/h12-15,19,21,26,28-29,34H,4,6-8,10-11,16-18,20,22-25H2,1-3H3,(H,42,46). The second-order valence-corrected chi connectivity index (χ2v) is 18.3. The Labute approximate surface area is 301 Å². The summed E-state index contributed by atoms with van der Waals surface area (Å²) in [6.45, 7) is 4.28. The van der Waals surface area contributed by atoms with Gasteiger partial charge in [0.05, 0.1) is 18.2 Å². The van der Waals surface area contributed by atoms with Crippen LogP contribution in [0, 0.1) is 17.3 Å². The third-order valence-corrected chi connectivity index (χ3v) is 15.3. The number of likely N-dealkylation sites (tertiary alicyclic amines) is 2. The van der Waals surface area contributed by atoms with E-state index in [0.717, 1.165) is 66.7 Å². The van der Waals surface area contributed by atoms with Crippen molar-refractivity contribution in [3.8, 4) is 28.8 Å². The van der Waals surface area contributed by atoms with Gasteiger partial charge in [0.2, 0.25) is 15.9 Å². The summed E-state index contributed by atoms with van der Waals surface area (Å²) >= 11 is 0. The fraction of sp³-hybridized carbons (Fsp3) is 0.561. The quantitative estimate of drug-likeness (QED) is 0.295. The Morgan fingerprint density at radius 3 is 2.49 bits per heavy atom. The lowest BCUT2D eigenvalue weighted by Gasteiger charge is -2.56. The minimum atomic E-state index is -3.93. The molecule has 3 saturated carbocycles. The maximum Gasteiger partial charge on any atom is 0.264 e. The lowest BCUT2D eigenvalue weighted by Crippen LogP contribution is -2.70. The maximum absolute atomic E-state index is 14.9. The van der Waals surface area contributed by atoms with Gasteiger partial charge in [0.1, 0.15) is 10.5 Å². The molecule has 0 spiro atoms. The van der Waals surface area contributed by atoms with Crippen LogP contribution in [-0.2, 0) is 21.4 Å². The molecule has 4 atom stereocenters. The van der Waals surface area contributed by atoms with E-state index in [2.05, 4.69) is 50.1 Å². The first-order chi connectivity index (χ1) is 24.6. The number of piperidine rings is 1. The highest BCUT2D eigenvalue weighted by Crippen LogP contribution is 2.67. The first-order valence-electron chi connectivity index (χ1n) is 19.0. The van der Waals surface area contributed by atoms with Crippen LogP contribution in [0.4, 0.5) is 0 Å². The zero-order chi connectivity index (χ0) is 35.3. The number of piperazine rings is 1. The summed E-state index contributed by atoms with van der Waals surface area (Å²) in [6, 6.07) is 12.6. The number of likely N-dealkylation sites (N-methyl/N-ethyl adjacent to an activating group) is 1. The summed E-state index contributed by atoms with van der Waals surface area (Å²) in [6.07, 6.45) is 9.51. The monoisotopic (exact) mass is 708 g/mol. The van der Waals surface area contributed by atoms with Crippen molar-refractivity contribution in [2.75, 3.05) is 27.2 Å². The van der Waals surface area contributed by atoms with Crippen LogP contribution in [-0.4, -0.2) is 78.7 Å². The summed E-state index contributed by atoms with van der Waals surface area (Å²) < 4.78 is 36.6. The highest BCUT2D eigenvalue weighted by Gasteiger charge is 2.66. The van der Waals surface area contributed by atoms with Gasteiger partial charge in [-0.25, -0.2) is 13.1 Å². The van der Waals surface area contributed by atoms with Crippen LogP contribution in [0.2, 0.25) is 0 Å². The third kappa shape index (κ3) is 5.08. The van der Waals surface area contributed by atoms with Crippen molar-refractivity contribution in [2.24, 2.45) is 5.41 Å². The van der Waals surface area contributed by atoms with Gasteiger partial charge in [0, 0.05) is 72.5 Å². The normalized spacial score (nSPS) is 27.5. The van der Waals surface area contributed by atoms with Crippen molar-refractivity contribution in [3.05, 3.63) is 53.1 Å². The van der Waals surface area contributed by atoms with E-state index in [9.17, 15) is 18.0 Å². The number of nitrogens with one attached hydrogen (secondary N) is 1. The molecule has 9 rings (SSSR count). The lowest BCUT2D eigenvalue weighted by atomic mass is 9.81. The topological polar surface area (TPSA) is 101 Å². The van der Waals surface area contributed by atoms with Gasteiger partial charge in [0.15, 0.2) is 0 Å². The van der Waals surface area contributed by atoms with Crippen LogP contribution in [0.5, 0.6) is 5.75 Å². The van der Waals surface area contributed by atoms with Gasteiger partial charge >= 0.3 is 0 Å². The molecule has 3 aliphatic carbocycles. The molecule has 3 aliphatic heterocycles. The van der Waals surface area contributed by atoms with Gasteiger partial charge in [-0.05, 0) is 92.9 Å². The molecule has 2 bridgehead atoms. The van der Waals surface area contributed by atoms with Crippen LogP contribution >= 0.6 is 0 Å². The van der Waals surface area contributed by atoms with Crippen LogP contribution in [0.1, 0.15) is 111 Å². The number of fused-ring (bicyclic) bond motifs is 9. The van der Waals surface area contributed by atoms with E-state index in [-0.39, 0.29) is 30.3 Å². The van der Waals surface area contributed by atoms with E-state index in [1.807, 2.05) is 25.1 Å². The lowest BCUT2D eigenvalue weighted by molar-refractivity contribution is -0.159. The summed E-state index contributed by atoms with van der Waals surface area (Å²) in [7, 11) is -0.0885. The van der Waals surface area contributed by atoms with Crippen molar-refractivity contribution < 1.29 is 22.7 Å². The number of carbonyl (C=O) groups is 2. The third-order valence-electron chi connectivity index (χ3n) is 13.1. The summed E-state index contributed by atoms with van der Waals surface area (Å²) in [5.74, 6) is 6.84. The Bertz CT molecular complexity index is 2120. The van der Waals surface area contributed by atoms with Crippen molar-refractivity contribution >= 4 is 32.7 Å². The smallest absolute Gasteiger partial charge is 0.264 e. The van der Waals surface area contributed by atoms with Gasteiger partial charge in [0.25, 0.3) is 5.91 Å². The Morgan fingerprint density at radius 1 is 1.02 bits per heavy atom. The number of hydrogen-bond acceptors (Lipinski definition) is 6. The highest BCUT2D eigenvalue weighted by molar-refractivity contribution is 7.91. The maximum atomic E-state index is 14.9. The first kappa shape index (κ1) is 33.1.